The molecule has 1 heterocycles. The summed E-state index contributed by atoms with van der Waals surface area (Å²) < 4.78 is 5.05. The number of nitrogens with one attached hydrogen (secondary N) is 1. The van der Waals surface area contributed by atoms with Crippen LogP contribution in [0.2, 0.25) is 0 Å². The van der Waals surface area contributed by atoms with Crippen LogP contribution < -0.4 is 5.32 Å². The summed E-state index contributed by atoms with van der Waals surface area (Å²) in [5.41, 5.74) is -0.483. The Kier molecular flexibility index (Phi) is 5.63. The quantitative estimate of drug-likeness (QED) is 0.787. The SMILES string of the molecule is CCC1CN(C2CCCC(NC)(C(=O)OC)C2)CCN1C. The third-order valence-corrected chi connectivity index (χ3v) is 5.58. The molecule has 0 aromatic heterocycles. The average Bonchev–Trinajstić information content (AvgIpc) is 2.54. The van der Waals surface area contributed by atoms with Crippen molar-refractivity contribution in [2.45, 2.75) is 56.7 Å². The molecule has 0 amide bonds. The standard InChI is InChI=1S/C16H31N3O2/c1-5-13-12-19(10-9-18(13)3)14-7-6-8-16(11-14,17-2)15(20)21-4/h13-14,17H,5-12H2,1-4H3. The van der Waals surface area contributed by atoms with Crippen LogP contribution in [-0.4, -0.2) is 74.2 Å². The van der Waals surface area contributed by atoms with Crippen LogP contribution in [0.5, 0.6) is 0 Å². The van der Waals surface area contributed by atoms with E-state index in [2.05, 4.69) is 29.1 Å². The molecule has 21 heavy (non-hydrogen) atoms. The summed E-state index contributed by atoms with van der Waals surface area (Å²) in [6, 6.07) is 1.14. The Bertz CT molecular complexity index is 363. The van der Waals surface area contributed by atoms with Gasteiger partial charge in [0.05, 0.1) is 7.11 Å². The van der Waals surface area contributed by atoms with Gasteiger partial charge in [0.15, 0.2) is 0 Å². The summed E-state index contributed by atoms with van der Waals surface area (Å²) in [5, 5.41) is 3.26. The Morgan fingerprint density at radius 1 is 1.43 bits per heavy atom. The highest BCUT2D eigenvalue weighted by Gasteiger charge is 2.44. The van der Waals surface area contributed by atoms with Crippen LogP contribution in [0.15, 0.2) is 0 Å². The van der Waals surface area contributed by atoms with E-state index in [0.717, 1.165) is 38.9 Å². The van der Waals surface area contributed by atoms with Gasteiger partial charge in [-0.25, -0.2) is 0 Å². The van der Waals surface area contributed by atoms with Crippen LogP contribution in [0.1, 0.15) is 39.0 Å². The maximum atomic E-state index is 12.2. The lowest BCUT2D eigenvalue weighted by molar-refractivity contribution is -0.151. The highest BCUT2D eigenvalue weighted by molar-refractivity contribution is 5.81. The minimum atomic E-state index is -0.483. The van der Waals surface area contributed by atoms with Crippen LogP contribution in [0.3, 0.4) is 0 Å². The van der Waals surface area contributed by atoms with Gasteiger partial charge in [-0.15, -0.1) is 0 Å². The lowest BCUT2D eigenvalue weighted by Gasteiger charge is -2.47. The van der Waals surface area contributed by atoms with Crippen molar-refractivity contribution in [3.8, 4) is 0 Å². The summed E-state index contributed by atoms with van der Waals surface area (Å²) in [5.74, 6) is -0.101. The molecule has 3 unspecified atom stereocenters. The monoisotopic (exact) mass is 297 g/mol. The van der Waals surface area contributed by atoms with E-state index in [-0.39, 0.29) is 5.97 Å². The van der Waals surface area contributed by atoms with Crippen molar-refractivity contribution < 1.29 is 9.53 Å². The molecule has 1 aliphatic heterocycles. The second-order valence-electron chi connectivity index (χ2n) is 6.61. The van der Waals surface area contributed by atoms with E-state index >= 15 is 0 Å². The molecule has 0 spiro atoms. The molecule has 0 bridgehead atoms. The van der Waals surface area contributed by atoms with E-state index in [1.807, 2.05) is 7.05 Å². The first-order valence-electron chi connectivity index (χ1n) is 8.28. The van der Waals surface area contributed by atoms with E-state index in [0.29, 0.717) is 12.1 Å². The van der Waals surface area contributed by atoms with E-state index in [1.165, 1.54) is 20.0 Å². The number of piperazine rings is 1. The Morgan fingerprint density at radius 2 is 2.19 bits per heavy atom. The van der Waals surface area contributed by atoms with E-state index in [4.69, 9.17) is 4.74 Å². The van der Waals surface area contributed by atoms with Gasteiger partial charge in [0.1, 0.15) is 5.54 Å². The van der Waals surface area contributed by atoms with Crippen molar-refractivity contribution in [3.63, 3.8) is 0 Å². The summed E-state index contributed by atoms with van der Waals surface area (Å²) in [6.07, 6.45) is 5.23. The van der Waals surface area contributed by atoms with Crippen molar-refractivity contribution in [3.05, 3.63) is 0 Å². The molecule has 1 N–H and O–H groups in total. The number of hydrogen-bond acceptors (Lipinski definition) is 5. The molecule has 1 saturated carbocycles. The molecule has 5 heteroatoms. The maximum Gasteiger partial charge on any atom is 0.326 e. The minimum absolute atomic E-state index is 0.101. The first-order valence-corrected chi connectivity index (χ1v) is 8.28. The topological polar surface area (TPSA) is 44.8 Å². The molecule has 2 fully saturated rings. The van der Waals surface area contributed by atoms with E-state index < -0.39 is 5.54 Å². The zero-order valence-corrected chi connectivity index (χ0v) is 14.0. The van der Waals surface area contributed by atoms with Crippen molar-refractivity contribution in [1.29, 1.82) is 0 Å². The van der Waals surface area contributed by atoms with Gasteiger partial charge >= 0.3 is 5.97 Å². The molecule has 122 valence electrons. The number of nitrogens with zero attached hydrogens (tertiary/aromatic N) is 2. The number of carbonyl (C=O) groups is 1. The normalized spacial score (nSPS) is 35.6. The van der Waals surface area contributed by atoms with Crippen molar-refractivity contribution in [2.24, 2.45) is 0 Å². The van der Waals surface area contributed by atoms with Gasteiger partial charge in [-0.2, -0.15) is 0 Å². The molecular formula is C16H31N3O2. The second-order valence-corrected chi connectivity index (χ2v) is 6.61. The zero-order chi connectivity index (χ0) is 15.5. The highest BCUT2D eigenvalue weighted by atomic mass is 16.5. The fourth-order valence-corrected chi connectivity index (χ4v) is 4.01. The van der Waals surface area contributed by atoms with E-state index in [9.17, 15) is 4.79 Å². The number of hydrogen-bond donors (Lipinski definition) is 1. The third kappa shape index (κ3) is 3.41. The molecule has 0 radical (unpaired) electrons. The van der Waals surface area contributed by atoms with Crippen molar-refractivity contribution in [2.75, 3.05) is 40.8 Å². The van der Waals surface area contributed by atoms with Crippen LogP contribution in [0.25, 0.3) is 0 Å². The molecule has 1 aliphatic carbocycles. The zero-order valence-electron chi connectivity index (χ0n) is 14.0. The summed E-state index contributed by atoms with van der Waals surface area (Å²) in [4.78, 5) is 17.3. The highest BCUT2D eigenvalue weighted by Crippen LogP contribution is 2.33. The molecule has 0 aromatic rings. The number of methoxy groups -OCH3 is 1. The number of ether oxygens (including phenoxy) is 1. The van der Waals surface area contributed by atoms with Crippen LogP contribution in [-0.2, 0) is 9.53 Å². The lowest BCUT2D eigenvalue weighted by atomic mass is 9.78. The van der Waals surface area contributed by atoms with Crippen LogP contribution in [0, 0.1) is 0 Å². The summed E-state index contributed by atoms with van der Waals surface area (Å²) in [6.45, 7) is 5.62. The van der Waals surface area contributed by atoms with Gasteiger partial charge in [-0.05, 0) is 46.2 Å². The Hall–Kier alpha value is -0.650. The van der Waals surface area contributed by atoms with Gasteiger partial charge < -0.3 is 15.0 Å². The average molecular weight is 297 g/mol. The molecule has 2 aliphatic rings. The van der Waals surface area contributed by atoms with Gasteiger partial charge in [0, 0.05) is 31.7 Å². The van der Waals surface area contributed by atoms with E-state index in [1.54, 1.807) is 0 Å². The van der Waals surface area contributed by atoms with Crippen LogP contribution >= 0.6 is 0 Å². The number of esters is 1. The Balaban J connectivity index is 2.05. The predicted octanol–water partition coefficient (Wildman–Crippen LogP) is 1.09. The maximum absolute atomic E-state index is 12.2. The van der Waals surface area contributed by atoms with Crippen molar-refractivity contribution in [1.82, 2.24) is 15.1 Å². The smallest absolute Gasteiger partial charge is 0.326 e. The minimum Gasteiger partial charge on any atom is -0.468 e. The fraction of sp³-hybridized carbons (Fsp3) is 0.938. The first-order chi connectivity index (χ1) is 10.1. The van der Waals surface area contributed by atoms with Gasteiger partial charge in [-0.1, -0.05) is 6.92 Å². The Morgan fingerprint density at radius 3 is 2.81 bits per heavy atom. The van der Waals surface area contributed by atoms with Crippen LogP contribution in [0.4, 0.5) is 0 Å². The molecule has 2 rings (SSSR count). The summed E-state index contributed by atoms with van der Waals surface area (Å²) >= 11 is 0. The van der Waals surface area contributed by atoms with Gasteiger partial charge in [0.2, 0.25) is 0 Å². The fourth-order valence-electron chi connectivity index (χ4n) is 4.01. The largest absolute Gasteiger partial charge is 0.468 e. The summed E-state index contributed by atoms with van der Waals surface area (Å²) in [7, 11) is 5.60. The number of rotatable bonds is 4. The molecule has 3 atom stereocenters. The number of likely N-dealkylation sites (N-methyl/N-ethyl adjacent to an activating group) is 2. The Labute approximate surface area is 129 Å². The number of carbonyl (C=O) groups excluding carboxylic acids is 1. The van der Waals surface area contributed by atoms with Crippen molar-refractivity contribution >= 4 is 5.97 Å². The lowest BCUT2D eigenvalue weighted by Crippen LogP contribution is -2.61. The van der Waals surface area contributed by atoms with Gasteiger partial charge in [-0.3, -0.25) is 9.69 Å². The third-order valence-electron chi connectivity index (χ3n) is 5.58. The molecule has 5 nitrogen and oxygen atoms in total. The van der Waals surface area contributed by atoms with Gasteiger partial charge in [0.25, 0.3) is 0 Å². The molecule has 1 saturated heterocycles. The molecule has 0 aromatic carbocycles. The second kappa shape index (κ2) is 7.07. The molecular weight excluding hydrogens is 266 g/mol. The first kappa shape index (κ1) is 16.7. The predicted molar refractivity (Wildman–Crippen MR) is 84.3 cm³/mol.